The predicted molar refractivity (Wildman–Crippen MR) is 58.4 cm³/mol. The molecular weight excluding hydrogens is 188 g/mol. The quantitative estimate of drug-likeness (QED) is 0.734. The molecule has 0 saturated carbocycles. The second-order valence-electron chi connectivity index (χ2n) is 4.47. The van der Waals surface area contributed by atoms with Gasteiger partial charge in [0.2, 0.25) is 0 Å². The molecule has 0 spiro atoms. The monoisotopic (exact) mass is 204 g/mol. The zero-order chi connectivity index (χ0) is 10.9. The highest BCUT2D eigenvalue weighted by atomic mass is 16.1. The average molecular weight is 204 g/mol. The Balaban J connectivity index is 2.11. The van der Waals surface area contributed by atoms with Crippen LogP contribution in [0.4, 0.5) is 0 Å². The molecule has 0 N–H and O–H groups in total. The summed E-state index contributed by atoms with van der Waals surface area (Å²) in [6.07, 6.45) is 2.46. The molecule has 80 valence electrons. The molecule has 1 aromatic rings. The van der Waals surface area contributed by atoms with Gasteiger partial charge in [0.25, 0.3) is 0 Å². The Morgan fingerprint density at radius 3 is 2.80 bits per heavy atom. The summed E-state index contributed by atoms with van der Waals surface area (Å²) in [4.78, 5) is 18.1. The minimum absolute atomic E-state index is 0.322. The molecule has 15 heavy (non-hydrogen) atoms. The topological polar surface area (TPSA) is 33.2 Å². The summed E-state index contributed by atoms with van der Waals surface area (Å²) in [7, 11) is 0. The van der Waals surface area contributed by atoms with Crippen LogP contribution in [-0.2, 0) is 11.3 Å². The Kier molecular flexibility index (Phi) is 2.57. The normalized spacial score (nSPS) is 20.8. The minimum atomic E-state index is -0.322. The Morgan fingerprint density at radius 1 is 1.47 bits per heavy atom. The molecule has 1 fully saturated rings. The first kappa shape index (κ1) is 10.3. The fourth-order valence-corrected chi connectivity index (χ4v) is 1.96. The van der Waals surface area contributed by atoms with Crippen molar-refractivity contribution in [2.75, 3.05) is 6.54 Å². The predicted octanol–water partition coefficient (Wildman–Crippen LogP) is 1.64. The second-order valence-corrected chi connectivity index (χ2v) is 4.47. The van der Waals surface area contributed by atoms with Gasteiger partial charge in [-0.15, -0.1) is 0 Å². The van der Waals surface area contributed by atoms with Gasteiger partial charge in [-0.3, -0.25) is 14.7 Å². The number of carbonyl (C=O) groups is 1. The van der Waals surface area contributed by atoms with Gasteiger partial charge in [-0.25, -0.2) is 0 Å². The molecule has 0 amide bonds. The van der Waals surface area contributed by atoms with Crippen molar-refractivity contribution >= 4 is 5.78 Å². The number of ketones is 1. The molecule has 2 heterocycles. The standard InChI is InChI=1S/C12H16N2O/c1-12(2)11(15)6-8-14(12)9-10-5-3-4-7-13-10/h3-5,7H,6,8-9H2,1-2H3. The van der Waals surface area contributed by atoms with E-state index in [1.807, 2.05) is 32.0 Å². The van der Waals surface area contributed by atoms with Crippen LogP contribution in [0.5, 0.6) is 0 Å². The van der Waals surface area contributed by atoms with Gasteiger partial charge in [0.05, 0.1) is 11.2 Å². The maximum absolute atomic E-state index is 11.6. The highest BCUT2D eigenvalue weighted by Crippen LogP contribution is 2.26. The maximum atomic E-state index is 11.6. The van der Waals surface area contributed by atoms with E-state index < -0.39 is 0 Å². The van der Waals surface area contributed by atoms with Crippen LogP contribution in [0.15, 0.2) is 24.4 Å². The fraction of sp³-hybridized carbons (Fsp3) is 0.500. The molecule has 0 aliphatic carbocycles. The molecule has 0 unspecified atom stereocenters. The molecule has 0 aromatic carbocycles. The molecule has 1 aromatic heterocycles. The van der Waals surface area contributed by atoms with Crippen molar-refractivity contribution in [3.63, 3.8) is 0 Å². The molecule has 1 aliphatic rings. The number of nitrogens with zero attached hydrogens (tertiary/aromatic N) is 2. The maximum Gasteiger partial charge on any atom is 0.153 e. The number of aromatic nitrogens is 1. The van der Waals surface area contributed by atoms with Crippen LogP contribution in [0.1, 0.15) is 26.0 Å². The van der Waals surface area contributed by atoms with E-state index in [2.05, 4.69) is 9.88 Å². The van der Waals surface area contributed by atoms with Crippen LogP contribution in [0, 0.1) is 0 Å². The van der Waals surface area contributed by atoms with Crippen molar-refractivity contribution in [1.29, 1.82) is 0 Å². The first-order chi connectivity index (χ1) is 7.10. The lowest BCUT2D eigenvalue weighted by atomic mass is 10.0. The fourth-order valence-electron chi connectivity index (χ4n) is 1.96. The number of hydrogen-bond donors (Lipinski definition) is 0. The highest BCUT2D eigenvalue weighted by Gasteiger charge is 2.39. The molecule has 0 bridgehead atoms. The molecule has 3 nitrogen and oxygen atoms in total. The molecule has 2 rings (SSSR count). The lowest BCUT2D eigenvalue weighted by Crippen LogP contribution is -2.42. The van der Waals surface area contributed by atoms with Crippen molar-refractivity contribution in [3.05, 3.63) is 30.1 Å². The van der Waals surface area contributed by atoms with Crippen LogP contribution in [0.2, 0.25) is 0 Å². The zero-order valence-electron chi connectivity index (χ0n) is 9.23. The smallest absolute Gasteiger partial charge is 0.153 e. The number of rotatable bonds is 2. The largest absolute Gasteiger partial charge is 0.298 e. The van der Waals surface area contributed by atoms with Crippen LogP contribution in [0.25, 0.3) is 0 Å². The van der Waals surface area contributed by atoms with Crippen LogP contribution in [-0.4, -0.2) is 27.8 Å². The lowest BCUT2D eigenvalue weighted by molar-refractivity contribution is -0.123. The molecule has 1 saturated heterocycles. The summed E-state index contributed by atoms with van der Waals surface area (Å²) in [6, 6.07) is 5.88. The third-order valence-electron chi connectivity index (χ3n) is 3.16. The van der Waals surface area contributed by atoms with Gasteiger partial charge in [0, 0.05) is 25.7 Å². The number of hydrogen-bond acceptors (Lipinski definition) is 3. The Labute approximate surface area is 90.1 Å². The first-order valence-corrected chi connectivity index (χ1v) is 5.29. The van der Waals surface area contributed by atoms with E-state index >= 15 is 0 Å². The summed E-state index contributed by atoms with van der Waals surface area (Å²) in [5.74, 6) is 0.332. The molecule has 0 atom stereocenters. The van der Waals surface area contributed by atoms with Crippen LogP contribution >= 0.6 is 0 Å². The Bertz CT molecular complexity index is 359. The highest BCUT2D eigenvalue weighted by molar-refractivity contribution is 5.89. The van der Waals surface area contributed by atoms with Crippen molar-refractivity contribution < 1.29 is 4.79 Å². The van der Waals surface area contributed by atoms with Gasteiger partial charge < -0.3 is 0 Å². The van der Waals surface area contributed by atoms with Gasteiger partial charge in [-0.05, 0) is 26.0 Å². The van der Waals surface area contributed by atoms with E-state index in [4.69, 9.17) is 0 Å². The number of carbonyl (C=O) groups excluding carboxylic acids is 1. The van der Waals surface area contributed by atoms with Gasteiger partial charge in [-0.1, -0.05) is 6.07 Å². The SMILES string of the molecule is CC1(C)C(=O)CCN1Cc1ccccn1. The van der Waals surface area contributed by atoms with Crippen molar-refractivity contribution in [3.8, 4) is 0 Å². The molecular formula is C12H16N2O. The summed E-state index contributed by atoms with van der Waals surface area (Å²) >= 11 is 0. The number of likely N-dealkylation sites (tertiary alicyclic amines) is 1. The molecule has 1 aliphatic heterocycles. The van der Waals surface area contributed by atoms with Gasteiger partial charge in [0.15, 0.2) is 5.78 Å². The van der Waals surface area contributed by atoms with E-state index in [1.54, 1.807) is 6.20 Å². The molecule has 3 heteroatoms. The Hall–Kier alpha value is -1.22. The lowest BCUT2D eigenvalue weighted by Gasteiger charge is -2.29. The van der Waals surface area contributed by atoms with E-state index in [1.165, 1.54) is 0 Å². The molecule has 0 radical (unpaired) electrons. The van der Waals surface area contributed by atoms with Gasteiger partial charge >= 0.3 is 0 Å². The average Bonchev–Trinajstić information content (AvgIpc) is 2.47. The van der Waals surface area contributed by atoms with Crippen LogP contribution in [0.3, 0.4) is 0 Å². The summed E-state index contributed by atoms with van der Waals surface area (Å²) < 4.78 is 0. The van der Waals surface area contributed by atoms with Crippen molar-refractivity contribution in [2.45, 2.75) is 32.4 Å². The number of pyridine rings is 1. The third-order valence-corrected chi connectivity index (χ3v) is 3.16. The van der Waals surface area contributed by atoms with Crippen molar-refractivity contribution in [2.24, 2.45) is 0 Å². The van der Waals surface area contributed by atoms with Gasteiger partial charge in [0.1, 0.15) is 0 Å². The van der Waals surface area contributed by atoms with E-state index in [-0.39, 0.29) is 5.54 Å². The zero-order valence-corrected chi connectivity index (χ0v) is 9.23. The Morgan fingerprint density at radius 2 is 2.27 bits per heavy atom. The second kappa shape index (κ2) is 3.74. The summed E-state index contributed by atoms with van der Waals surface area (Å²) in [5.41, 5.74) is 0.706. The van der Waals surface area contributed by atoms with E-state index in [9.17, 15) is 4.79 Å². The summed E-state index contributed by atoms with van der Waals surface area (Å²) in [5, 5.41) is 0. The van der Waals surface area contributed by atoms with E-state index in [0.717, 1.165) is 18.8 Å². The first-order valence-electron chi connectivity index (χ1n) is 5.29. The number of Topliss-reactive ketones (excluding diaryl/α,β-unsaturated/α-hetero) is 1. The minimum Gasteiger partial charge on any atom is -0.298 e. The van der Waals surface area contributed by atoms with Crippen molar-refractivity contribution in [1.82, 2.24) is 9.88 Å². The van der Waals surface area contributed by atoms with Crippen LogP contribution < -0.4 is 0 Å². The summed E-state index contributed by atoms with van der Waals surface area (Å²) in [6.45, 7) is 5.60. The van der Waals surface area contributed by atoms with Gasteiger partial charge in [-0.2, -0.15) is 0 Å². The van der Waals surface area contributed by atoms with E-state index in [0.29, 0.717) is 12.2 Å². The third kappa shape index (κ3) is 1.92.